The summed E-state index contributed by atoms with van der Waals surface area (Å²) in [4.78, 5) is 43.0. The van der Waals surface area contributed by atoms with Crippen molar-refractivity contribution < 1.29 is 24.2 Å². The maximum atomic E-state index is 13.2. The molecule has 35 heavy (non-hydrogen) atoms. The number of pyridine rings is 1. The maximum Gasteiger partial charge on any atom is 0.411 e. The number of aliphatic carboxylic acids is 1. The van der Waals surface area contributed by atoms with E-state index < -0.39 is 24.0 Å². The van der Waals surface area contributed by atoms with Crippen molar-refractivity contribution in [3.05, 3.63) is 83.7 Å². The first-order valence-electron chi connectivity index (χ1n) is 11.2. The average Bonchev–Trinajstić information content (AvgIpc) is 3.21. The van der Waals surface area contributed by atoms with Crippen molar-refractivity contribution in [3.8, 4) is 11.1 Å². The van der Waals surface area contributed by atoms with Crippen molar-refractivity contribution in [2.45, 2.75) is 12.0 Å². The third-order valence-corrected chi connectivity index (χ3v) is 7.29. The molecule has 1 aromatic heterocycles. The van der Waals surface area contributed by atoms with Crippen LogP contribution in [0.25, 0.3) is 11.1 Å². The van der Waals surface area contributed by atoms with Gasteiger partial charge < -0.3 is 14.7 Å². The first-order valence-corrected chi connectivity index (χ1v) is 12.4. The Kier molecular flexibility index (Phi) is 6.41. The Morgan fingerprint density at radius 1 is 1.03 bits per heavy atom. The zero-order valence-corrected chi connectivity index (χ0v) is 19.5. The Labute approximate surface area is 206 Å². The molecule has 1 aliphatic carbocycles. The SMILES string of the molecule is O=C(Nc1cccnc1C(=O)N1CCSCC1C(=O)O)OCC1c2ccccc2-c2ccccc21. The van der Waals surface area contributed by atoms with Gasteiger partial charge >= 0.3 is 12.1 Å². The molecule has 1 saturated heterocycles. The van der Waals surface area contributed by atoms with Gasteiger partial charge in [-0.3, -0.25) is 10.1 Å². The second kappa shape index (κ2) is 9.79. The molecule has 1 unspecified atom stereocenters. The van der Waals surface area contributed by atoms with E-state index in [1.54, 1.807) is 12.1 Å². The highest BCUT2D eigenvalue weighted by atomic mass is 32.2. The number of hydrogen-bond acceptors (Lipinski definition) is 6. The zero-order valence-electron chi connectivity index (χ0n) is 18.7. The number of carbonyl (C=O) groups excluding carboxylic acids is 2. The highest BCUT2D eigenvalue weighted by Crippen LogP contribution is 2.44. The van der Waals surface area contributed by atoms with E-state index in [0.717, 1.165) is 22.3 Å². The van der Waals surface area contributed by atoms with E-state index in [2.05, 4.69) is 22.4 Å². The van der Waals surface area contributed by atoms with E-state index in [1.165, 1.54) is 22.9 Å². The number of nitrogens with one attached hydrogen (secondary N) is 1. The number of fused-ring (bicyclic) bond motifs is 3. The summed E-state index contributed by atoms with van der Waals surface area (Å²) in [5.74, 6) is -0.745. The molecule has 178 valence electrons. The van der Waals surface area contributed by atoms with Crippen molar-refractivity contribution in [2.24, 2.45) is 0 Å². The fourth-order valence-corrected chi connectivity index (χ4v) is 5.65. The Hall–Kier alpha value is -3.85. The van der Waals surface area contributed by atoms with Gasteiger partial charge in [-0.2, -0.15) is 11.8 Å². The van der Waals surface area contributed by atoms with E-state index in [-0.39, 0.29) is 23.9 Å². The number of rotatable bonds is 5. The maximum absolute atomic E-state index is 13.2. The third-order valence-electron chi connectivity index (χ3n) is 6.27. The summed E-state index contributed by atoms with van der Waals surface area (Å²) in [6.07, 6.45) is 0.725. The number of carbonyl (C=O) groups is 3. The number of anilines is 1. The molecule has 2 amide bonds. The van der Waals surface area contributed by atoms with Crippen LogP contribution in [0.5, 0.6) is 0 Å². The number of nitrogens with zero attached hydrogens (tertiary/aromatic N) is 2. The molecule has 0 spiro atoms. The van der Waals surface area contributed by atoms with Crippen LogP contribution < -0.4 is 5.32 Å². The van der Waals surface area contributed by atoms with Gasteiger partial charge in [0.15, 0.2) is 5.69 Å². The fraction of sp³-hybridized carbons (Fsp3) is 0.231. The molecule has 0 saturated carbocycles. The van der Waals surface area contributed by atoms with Crippen LogP contribution in [-0.4, -0.2) is 63.7 Å². The van der Waals surface area contributed by atoms with Crippen LogP contribution in [0.15, 0.2) is 66.9 Å². The van der Waals surface area contributed by atoms with Gasteiger partial charge in [0.1, 0.15) is 12.6 Å². The molecule has 5 rings (SSSR count). The van der Waals surface area contributed by atoms with Crippen LogP contribution in [0.4, 0.5) is 10.5 Å². The summed E-state index contributed by atoms with van der Waals surface area (Å²) in [7, 11) is 0. The van der Waals surface area contributed by atoms with E-state index >= 15 is 0 Å². The minimum Gasteiger partial charge on any atom is -0.480 e. The molecule has 3 aromatic rings. The lowest BCUT2D eigenvalue weighted by molar-refractivity contribution is -0.141. The molecular formula is C26H23N3O5S. The van der Waals surface area contributed by atoms with Gasteiger partial charge in [0, 0.05) is 30.2 Å². The van der Waals surface area contributed by atoms with Crippen molar-refractivity contribution in [2.75, 3.05) is 30.0 Å². The van der Waals surface area contributed by atoms with Crippen LogP contribution in [0.2, 0.25) is 0 Å². The Bertz CT molecular complexity index is 1250. The average molecular weight is 490 g/mol. The highest BCUT2D eigenvalue weighted by Gasteiger charge is 2.35. The van der Waals surface area contributed by atoms with Crippen LogP contribution in [-0.2, 0) is 9.53 Å². The molecule has 1 atom stereocenters. The van der Waals surface area contributed by atoms with Gasteiger partial charge in [0.25, 0.3) is 5.91 Å². The monoisotopic (exact) mass is 489 g/mol. The van der Waals surface area contributed by atoms with E-state index in [0.29, 0.717) is 18.1 Å². The van der Waals surface area contributed by atoms with Gasteiger partial charge in [-0.05, 0) is 34.4 Å². The molecule has 2 aliphatic rings. The molecule has 0 radical (unpaired) electrons. The summed E-state index contributed by atoms with van der Waals surface area (Å²) < 4.78 is 5.58. The van der Waals surface area contributed by atoms with Gasteiger partial charge in [-0.1, -0.05) is 48.5 Å². The molecule has 2 aromatic carbocycles. The van der Waals surface area contributed by atoms with Crippen molar-refractivity contribution >= 4 is 35.4 Å². The number of amides is 2. The second-order valence-corrected chi connectivity index (χ2v) is 9.43. The minimum absolute atomic E-state index is 0.0147. The first-order chi connectivity index (χ1) is 17.0. The second-order valence-electron chi connectivity index (χ2n) is 8.28. The lowest BCUT2D eigenvalue weighted by atomic mass is 9.98. The summed E-state index contributed by atoms with van der Waals surface area (Å²) >= 11 is 1.49. The molecule has 9 heteroatoms. The smallest absolute Gasteiger partial charge is 0.411 e. The standard InChI is InChI=1S/C26H23N3O5S/c30-24(29-12-13-35-15-22(29)25(31)32)23-21(10-5-11-27-23)28-26(33)34-14-20-18-8-3-1-6-16(18)17-7-2-4-9-19(17)20/h1-11,20,22H,12-15H2,(H,28,33)(H,31,32). The zero-order chi connectivity index (χ0) is 24.4. The van der Waals surface area contributed by atoms with Crippen molar-refractivity contribution in [1.29, 1.82) is 0 Å². The largest absolute Gasteiger partial charge is 0.480 e. The number of hydrogen-bond donors (Lipinski definition) is 2. The highest BCUT2D eigenvalue weighted by molar-refractivity contribution is 7.99. The summed E-state index contributed by atoms with van der Waals surface area (Å²) in [6, 6.07) is 18.3. The Morgan fingerprint density at radius 3 is 2.40 bits per heavy atom. The molecular weight excluding hydrogens is 466 g/mol. The van der Waals surface area contributed by atoms with Crippen LogP contribution >= 0.6 is 11.8 Å². The topological polar surface area (TPSA) is 109 Å². The quantitative estimate of drug-likeness (QED) is 0.556. The number of benzene rings is 2. The molecule has 0 bridgehead atoms. The minimum atomic E-state index is -1.06. The molecule has 1 aliphatic heterocycles. The Morgan fingerprint density at radius 2 is 1.71 bits per heavy atom. The van der Waals surface area contributed by atoms with Gasteiger partial charge in [0.05, 0.1) is 5.69 Å². The summed E-state index contributed by atoms with van der Waals surface area (Å²) in [6.45, 7) is 0.426. The summed E-state index contributed by atoms with van der Waals surface area (Å²) in [5.41, 5.74) is 4.62. The molecule has 1 fully saturated rings. The first kappa shape index (κ1) is 22.9. The predicted octanol–water partition coefficient (Wildman–Crippen LogP) is 4.08. The van der Waals surface area contributed by atoms with Crippen LogP contribution in [0.1, 0.15) is 27.5 Å². The normalized spacial score (nSPS) is 16.8. The molecule has 8 nitrogen and oxygen atoms in total. The number of carboxylic acid groups (broad SMARTS) is 1. The number of aromatic nitrogens is 1. The van der Waals surface area contributed by atoms with Gasteiger partial charge in [0.2, 0.25) is 0 Å². The number of carboxylic acids is 1. The van der Waals surface area contributed by atoms with E-state index in [1.807, 2.05) is 36.4 Å². The fourth-order valence-electron chi connectivity index (χ4n) is 4.61. The lowest BCUT2D eigenvalue weighted by Crippen LogP contribution is -2.50. The van der Waals surface area contributed by atoms with Crippen LogP contribution in [0, 0.1) is 0 Å². The van der Waals surface area contributed by atoms with Crippen molar-refractivity contribution in [1.82, 2.24) is 9.88 Å². The predicted molar refractivity (Wildman–Crippen MR) is 133 cm³/mol. The van der Waals surface area contributed by atoms with Gasteiger partial charge in [-0.25, -0.2) is 14.6 Å². The van der Waals surface area contributed by atoms with Gasteiger partial charge in [-0.15, -0.1) is 0 Å². The lowest BCUT2D eigenvalue weighted by Gasteiger charge is -2.32. The molecule has 2 heterocycles. The Balaban J connectivity index is 1.30. The van der Waals surface area contributed by atoms with Crippen LogP contribution in [0.3, 0.4) is 0 Å². The summed E-state index contributed by atoms with van der Waals surface area (Å²) in [5, 5.41) is 12.1. The number of thioether (sulfide) groups is 1. The van der Waals surface area contributed by atoms with E-state index in [4.69, 9.17) is 4.74 Å². The third kappa shape index (κ3) is 4.46. The molecule has 2 N–H and O–H groups in total. The number of ether oxygens (including phenoxy) is 1. The van der Waals surface area contributed by atoms with E-state index in [9.17, 15) is 19.5 Å². The van der Waals surface area contributed by atoms with Crippen molar-refractivity contribution in [3.63, 3.8) is 0 Å².